The quantitative estimate of drug-likeness (QED) is 0.799. The molecule has 1 aromatic heterocycles. The summed E-state index contributed by atoms with van der Waals surface area (Å²) in [7, 11) is 0. The first kappa shape index (κ1) is 18.1. The molecule has 2 aromatic rings. The molecule has 1 aliphatic carbocycles. The molecule has 0 unspecified atom stereocenters. The van der Waals surface area contributed by atoms with Crippen molar-refractivity contribution in [3.05, 3.63) is 47.5 Å². The Labute approximate surface area is 146 Å². The second kappa shape index (κ2) is 7.27. The molecule has 0 spiro atoms. The predicted octanol–water partition coefficient (Wildman–Crippen LogP) is 4.05. The number of aromatic nitrogens is 2. The second-order valence-corrected chi connectivity index (χ2v) is 6.04. The van der Waals surface area contributed by atoms with E-state index >= 15 is 0 Å². The van der Waals surface area contributed by atoms with E-state index in [2.05, 4.69) is 20.6 Å². The molecule has 9 heteroatoms. The van der Waals surface area contributed by atoms with Crippen molar-refractivity contribution in [1.82, 2.24) is 15.3 Å². The molecule has 1 aliphatic rings. The van der Waals surface area contributed by atoms with Crippen LogP contribution in [0, 0.1) is 5.82 Å². The molecule has 2 N–H and O–H groups in total. The molecule has 1 aromatic carbocycles. The van der Waals surface area contributed by atoms with Crippen LogP contribution in [0.1, 0.15) is 41.7 Å². The van der Waals surface area contributed by atoms with E-state index in [1.54, 1.807) is 0 Å². The van der Waals surface area contributed by atoms with Crippen molar-refractivity contribution in [2.24, 2.45) is 0 Å². The number of anilines is 2. The van der Waals surface area contributed by atoms with Gasteiger partial charge in [-0.05, 0) is 31.0 Å². The Kier molecular flexibility index (Phi) is 5.06. The van der Waals surface area contributed by atoms with Crippen LogP contribution in [-0.2, 0) is 6.18 Å². The zero-order valence-corrected chi connectivity index (χ0v) is 13.6. The molecule has 0 aliphatic heterocycles. The smallest absolute Gasteiger partial charge is 0.349 e. The maximum Gasteiger partial charge on any atom is 0.434 e. The Morgan fingerprint density at radius 2 is 1.92 bits per heavy atom. The summed E-state index contributed by atoms with van der Waals surface area (Å²) in [5.74, 6) is -1.78. The van der Waals surface area contributed by atoms with Crippen LogP contribution in [0.5, 0.6) is 0 Å². The minimum absolute atomic E-state index is 0.131. The largest absolute Gasteiger partial charge is 0.434 e. The summed E-state index contributed by atoms with van der Waals surface area (Å²) in [4.78, 5) is 19.4. The molecule has 3 rings (SSSR count). The number of carbonyl (C=O) groups is 1. The van der Waals surface area contributed by atoms with Crippen molar-refractivity contribution in [1.29, 1.82) is 0 Å². The van der Waals surface area contributed by atoms with Crippen molar-refractivity contribution < 1.29 is 22.4 Å². The fourth-order valence-corrected chi connectivity index (χ4v) is 2.85. The number of hydrogen-bond donors (Lipinski definition) is 2. The van der Waals surface area contributed by atoms with Gasteiger partial charge in [0.1, 0.15) is 5.82 Å². The van der Waals surface area contributed by atoms with Gasteiger partial charge >= 0.3 is 6.18 Å². The fourth-order valence-electron chi connectivity index (χ4n) is 2.85. The van der Waals surface area contributed by atoms with Gasteiger partial charge in [-0.1, -0.05) is 18.9 Å². The highest BCUT2D eigenvalue weighted by Crippen LogP contribution is 2.31. The zero-order valence-electron chi connectivity index (χ0n) is 13.6. The fraction of sp³-hybridized carbons (Fsp3) is 0.353. The summed E-state index contributed by atoms with van der Waals surface area (Å²) in [6.07, 6.45) is -0.639. The summed E-state index contributed by atoms with van der Waals surface area (Å²) in [6, 6.07) is 5.02. The lowest BCUT2D eigenvalue weighted by Crippen LogP contribution is -2.34. The van der Waals surface area contributed by atoms with E-state index < -0.39 is 29.2 Å². The third-order valence-corrected chi connectivity index (χ3v) is 4.07. The Morgan fingerprint density at radius 1 is 1.19 bits per heavy atom. The van der Waals surface area contributed by atoms with Crippen LogP contribution in [0.3, 0.4) is 0 Å². The van der Waals surface area contributed by atoms with Crippen LogP contribution in [0.15, 0.2) is 30.5 Å². The summed E-state index contributed by atoms with van der Waals surface area (Å²) in [6.45, 7) is 0. The van der Waals surface area contributed by atoms with E-state index in [1.165, 1.54) is 18.2 Å². The maximum absolute atomic E-state index is 13.3. The highest BCUT2D eigenvalue weighted by molar-refractivity contribution is 5.95. The molecular formula is C17H16F4N4O. The molecule has 138 valence electrons. The average Bonchev–Trinajstić information content (AvgIpc) is 3.07. The number of nitrogens with zero attached hydrogens (tertiary/aromatic N) is 2. The van der Waals surface area contributed by atoms with E-state index in [1.807, 2.05) is 0 Å². The van der Waals surface area contributed by atoms with Crippen molar-refractivity contribution in [3.63, 3.8) is 0 Å². The summed E-state index contributed by atoms with van der Waals surface area (Å²) in [5, 5.41) is 5.10. The van der Waals surface area contributed by atoms with Crippen LogP contribution in [-0.4, -0.2) is 21.9 Å². The molecule has 1 amide bonds. The molecular weight excluding hydrogens is 352 g/mol. The predicted molar refractivity (Wildman–Crippen MR) is 86.4 cm³/mol. The lowest BCUT2D eigenvalue weighted by atomic mass is 10.1. The average molecular weight is 368 g/mol. The number of alkyl halides is 3. The molecule has 1 saturated carbocycles. The van der Waals surface area contributed by atoms with Gasteiger partial charge in [-0.15, -0.1) is 0 Å². The Bertz CT molecular complexity index is 804. The van der Waals surface area contributed by atoms with Crippen molar-refractivity contribution in [2.45, 2.75) is 37.9 Å². The maximum atomic E-state index is 13.3. The van der Waals surface area contributed by atoms with Crippen molar-refractivity contribution in [2.75, 3.05) is 5.32 Å². The number of amides is 1. The molecule has 1 heterocycles. The first-order chi connectivity index (χ1) is 12.3. The number of hydrogen-bond acceptors (Lipinski definition) is 4. The van der Waals surface area contributed by atoms with Gasteiger partial charge in [0, 0.05) is 17.9 Å². The van der Waals surface area contributed by atoms with E-state index in [-0.39, 0.29) is 17.7 Å². The lowest BCUT2D eigenvalue weighted by Gasteiger charge is -2.16. The van der Waals surface area contributed by atoms with Gasteiger partial charge in [0.2, 0.25) is 5.95 Å². The summed E-state index contributed by atoms with van der Waals surface area (Å²) in [5.41, 5.74) is -1.77. The van der Waals surface area contributed by atoms with Gasteiger partial charge in [0.15, 0.2) is 5.69 Å². The Balaban J connectivity index is 1.86. The minimum Gasteiger partial charge on any atom is -0.349 e. The molecule has 0 radical (unpaired) electrons. The normalized spacial score (nSPS) is 15.1. The van der Waals surface area contributed by atoms with Gasteiger partial charge in [-0.25, -0.2) is 14.4 Å². The van der Waals surface area contributed by atoms with Gasteiger partial charge in [0.25, 0.3) is 5.91 Å². The van der Waals surface area contributed by atoms with Crippen molar-refractivity contribution >= 4 is 17.5 Å². The van der Waals surface area contributed by atoms with Crippen molar-refractivity contribution in [3.8, 4) is 0 Å². The standard InChI is InChI=1S/C17H16F4N4O/c18-10-4-3-7-12(8-10)24-16-22-9-13(14(25-16)17(19,20)21)15(26)23-11-5-1-2-6-11/h3-4,7-9,11H,1-2,5-6H2,(H,23,26)(H,22,24,25). The number of carbonyl (C=O) groups excluding carboxylic acids is 1. The number of nitrogens with one attached hydrogen (secondary N) is 2. The molecule has 26 heavy (non-hydrogen) atoms. The zero-order chi connectivity index (χ0) is 18.7. The molecule has 0 saturated heterocycles. The van der Waals surface area contributed by atoms with E-state index in [0.29, 0.717) is 0 Å². The topological polar surface area (TPSA) is 66.9 Å². The van der Waals surface area contributed by atoms with Gasteiger partial charge < -0.3 is 10.6 Å². The lowest BCUT2D eigenvalue weighted by molar-refractivity contribution is -0.141. The van der Waals surface area contributed by atoms with E-state index in [9.17, 15) is 22.4 Å². The number of benzene rings is 1. The van der Waals surface area contributed by atoms with Gasteiger partial charge in [0.05, 0.1) is 5.56 Å². The third kappa shape index (κ3) is 4.27. The van der Waals surface area contributed by atoms with Gasteiger partial charge in [-0.3, -0.25) is 4.79 Å². The summed E-state index contributed by atoms with van der Waals surface area (Å²) < 4.78 is 53.2. The second-order valence-electron chi connectivity index (χ2n) is 6.04. The molecule has 0 bridgehead atoms. The highest BCUT2D eigenvalue weighted by Gasteiger charge is 2.38. The third-order valence-electron chi connectivity index (χ3n) is 4.07. The van der Waals surface area contributed by atoms with E-state index in [4.69, 9.17) is 0 Å². The first-order valence-corrected chi connectivity index (χ1v) is 8.10. The Morgan fingerprint density at radius 3 is 2.58 bits per heavy atom. The van der Waals surface area contributed by atoms with Crippen LogP contribution >= 0.6 is 0 Å². The van der Waals surface area contributed by atoms with E-state index in [0.717, 1.165) is 37.9 Å². The van der Waals surface area contributed by atoms with Crippen LogP contribution in [0.2, 0.25) is 0 Å². The number of halogens is 4. The van der Waals surface area contributed by atoms with Crippen LogP contribution in [0.25, 0.3) is 0 Å². The Hall–Kier alpha value is -2.71. The molecule has 5 nitrogen and oxygen atoms in total. The molecule has 1 fully saturated rings. The number of rotatable bonds is 4. The van der Waals surface area contributed by atoms with Crippen LogP contribution < -0.4 is 10.6 Å². The SMILES string of the molecule is O=C(NC1CCCC1)c1cnc(Nc2cccc(F)c2)nc1C(F)(F)F. The minimum atomic E-state index is -4.83. The monoisotopic (exact) mass is 368 g/mol. The highest BCUT2D eigenvalue weighted by atomic mass is 19.4. The molecule has 0 atom stereocenters. The first-order valence-electron chi connectivity index (χ1n) is 8.10. The summed E-state index contributed by atoms with van der Waals surface area (Å²) >= 11 is 0. The van der Waals surface area contributed by atoms with Gasteiger partial charge in [-0.2, -0.15) is 13.2 Å². The van der Waals surface area contributed by atoms with Crippen LogP contribution in [0.4, 0.5) is 29.2 Å².